The highest BCUT2D eigenvalue weighted by molar-refractivity contribution is 7.09. The number of nitriles is 1. The Morgan fingerprint density at radius 2 is 2.29 bits per heavy atom. The third-order valence-corrected chi connectivity index (χ3v) is 3.53. The highest BCUT2D eigenvalue weighted by Crippen LogP contribution is 2.26. The van der Waals surface area contributed by atoms with E-state index in [4.69, 9.17) is 5.26 Å². The van der Waals surface area contributed by atoms with Crippen molar-refractivity contribution in [3.05, 3.63) is 45.9 Å². The summed E-state index contributed by atoms with van der Waals surface area (Å²) in [6.07, 6.45) is 1.79. The van der Waals surface area contributed by atoms with E-state index in [1.54, 1.807) is 17.5 Å². The van der Waals surface area contributed by atoms with Crippen LogP contribution in [0.4, 0.5) is 5.69 Å². The molecule has 1 heterocycles. The van der Waals surface area contributed by atoms with Crippen molar-refractivity contribution >= 4 is 17.0 Å². The number of benzene rings is 1. The number of aryl methyl sites for hydroxylation is 1. The predicted molar refractivity (Wildman–Crippen MR) is 70.0 cm³/mol. The second-order valence-electron chi connectivity index (χ2n) is 3.85. The van der Waals surface area contributed by atoms with E-state index >= 15 is 0 Å². The molecule has 0 saturated carbocycles. The molecular formula is C13H13N3S. The zero-order chi connectivity index (χ0) is 12.3. The summed E-state index contributed by atoms with van der Waals surface area (Å²) in [4.78, 5) is 4.27. The molecule has 0 amide bonds. The Bertz CT molecular complexity index is 540. The smallest absolute Gasteiger partial charge is 0.115 e. The summed E-state index contributed by atoms with van der Waals surface area (Å²) in [7, 11) is 0. The Hall–Kier alpha value is -1.86. The fourth-order valence-electron chi connectivity index (χ4n) is 1.68. The van der Waals surface area contributed by atoms with Crippen LogP contribution in [0.1, 0.15) is 29.1 Å². The van der Waals surface area contributed by atoms with Gasteiger partial charge in [-0.05, 0) is 25.5 Å². The normalized spacial score (nSPS) is 11.8. The first kappa shape index (κ1) is 11.6. The minimum Gasteiger partial charge on any atom is -0.375 e. The van der Waals surface area contributed by atoms with Gasteiger partial charge in [0.2, 0.25) is 0 Å². The Morgan fingerprint density at radius 1 is 1.47 bits per heavy atom. The molecule has 3 nitrogen and oxygen atoms in total. The van der Waals surface area contributed by atoms with E-state index in [0.717, 1.165) is 16.3 Å². The highest BCUT2D eigenvalue weighted by atomic mass is 32.1. The lowest BCUT2D eigenvalue weighted by molar-refractivity contribution is 0.867. The lowest BCUT2D eigenvalue weighted by Crippen LogP contribution is -2.08. The molecule has 0 aliphatic rings. The summed E-state index contributed by atoms with van der Waals surface area (Å²) >= 11 is 1.61. The van der Waals surface area contributed by atoms with Crippen molar-refractivity contribution in [2.24, 2.45) is 0 Å². The largest absolute Gasteiger partial charge is 0.375 e. The summed E-state index contributed by atoms with van der Waals surface area (Å²) in [5, 5.41) is 15.4. The molecule has 0 aliphatic carbocycles. The van der Waals surface area contributed by atoms with Gasteiger partial charge in [0.15, 0.2) is 0 Å². The Balaban J connectivity index is 2.28. The average Bonchev–Trinajstić information content (AvgIpc) is 2.85. The zero-order valence-electron chi connectivity index (χ0n) is 9.77. The lowest BCUT2D eigenvalue weighted by Gasteiger charge is -2.16. The van der Waals surface area contributed by atoms with Gasteiger partial charge in [-0.2, -0.15) is 5.26 Å². The summed E-state index contributed by atoms with van der Waals surface area (Å²) in [6.45, 7) is 4.05. The maximum absolute atomic E-state index is 9.08. The molecule has 17 heavy (non-hydrogen) atoms. The molecule has 1 N–H and O–H groups in total. The summed E-state index contributed by atoms with van der Waals surface area (Å²) in [5.74, 6) is 0. The molecule has 0 spiro atoms. The predicted octanol–water partition coefficient (Wildman–Crippen LogP) is 3.50. The van der Waals surface area contributed by atoms with Crippen LogP contribution in [0.25, 0.3) is 0 Å². The van der Waals surface area contributed by atoms with Gasteiger partial charge in [0.05, 0.1) is 17.3 Å². The van der Waals surface area contributed by atoms with Crippen LogP contribution in [0.15, 0.2) is 29.8 Å². The van der Waals surface area contributed by atoms with Crippen LogP contribution in [0.2, 0.25) is 0 Å². The van der Waals surface area contributed by atoms with Gasteiger partial charge in [-0.1, -0.05) is 12.1 Å². The number of rotatable bonds is 3. The number of hydrogen-bond acceptors (Lipinski definition) is 4. The molecular weight excluding hydrogens is 230 g/mol. The number of aromatic nitrogens is 1. The molecule has 0 aliphatic heterocycles. The standard InChI is InChI=1S/C13H13N3S/c1-9-4-3-5-11(8-14)12(9)16-10(2)13-15-6-7-17-13/h3-7,10,16H,1-2H3. The number of nitrogens with zero attached hydrogens (tertiary/aromatic N) is 2. The third kappa shape index (κ3) is 2.45. The van der Waals surface area contributed by atoms with E-state index in [1.165, 1.54) is 0 Å². The summed E-state index contributed by atoms with van der Waals surface area (Å²) in [5.41, 5.74) is 2.65. The molecule has 1 aromatic heterocycles. The molecule has 0 radical (unpaired) electrons. The number of anilines is 1. The first-order valence-electron chi connectivity index (χ1n) is 5.38. The van der Waals surface area contributed by atoms with Crippen molar-refractivity contribution in [2.45, 2.75) is 19.9 Å². The molecule has 86 valence electrons. The van der Waals surface area contributed by atoms with E-state index in [2.05, 4.69) is 16.4 Å². The monoisotopic (exact) mass is 243 g/mol. The van der Waals surface area contributed by atoms with Crippen LogP contribution in [0, 0.1) is 18.3 Å². The topological polar surface area (TPSA) is 48.7 Å². The van der Waals surface area contributed by atoms with Crippen LogP contribution in [0.3, 0.4) is 0 Å². The first-order chi connectivity index (χ1) is 8.22. The lowest BCUT2D eigenvalue weighted by atomic mass is 10.1. The van der Waals surface area contributed by atoms with Gasteiger partial charge in [-0.15, -0.1) is 11.3 Å². The van der Waals surface area contributed by atoms with Crippen molar-refractivity contribution in [2.75, 3.05) is 5.32 Å². The van der Waals surface area contributed by atoms with Gasteiger partial charge in [-0.3, -0.25) is 0 Å². The van der Waals surface area contributed by atoms with Crippen LogP contribution in [0.5, 0.6) is 0 Å². The minimum atomic E-state index is 0.114. The molecule has 0 fully saturated rings. The van der Waals surface area contributed by atoms with E-state index in [9.17, 15) is 0 Å². The second-order valence-corrected chi connectivity index (χ2v) is 4.77. The van der Waals surface area contributed by atoms with Crippen LogP contribution in [-0.2, 0) is 0 Å². The molecule has 4 heteroatoms. The van der Waals surface area contributed by atoms with Crippen LogP contribution in [-0.4, -0.2) is 4.98 Å². The Kier molecular flexibility index (Phi) is 3.40. The van der Waals surface area contributed by atoms with Gasteiger partial charge >= 0.3 is 0 Å². The quantitative estimate of drug-likeness (QED) is 0.897. The van der Waals surface area contributed by atoms with E-state index in [1.807, 2.05) is 37.4 Å². The molecule has 0 saturated heterocycles. The molecule has 1 atom stereocenters. The zero-order valence-corrected chi connectivity index (χ0v) is 10.6. The number of nitrogens with one attached hydrogen (secondary N) is 1. The number of para-hydroxylation sites is 1. The summed E-state index contributed by atoms with van der Waals surface area (Å²) in [6, 6.07) is 8.04. The van der Waals surface area contributed by atoms with E-state index < -0.39 is 0 Å². The molecule has 0 bridgehead atoms. The first-order valence-corrected chi connectivity index (χ1v) is 6.26. The number of hydrogen-bond donors (Lipinski definition) is 1. The second kappa shape index (κ2) is 4.98. The van der Waals surface area contributed by atoms with Crippen LogP contribution >= 0.6 is 11.3 Å². The van der Waals surface area contributed by atoms with Gasteiger partial charge in [0.1, 0.15) is 11.1 Å². The Labute approximate surface area is 105 Å². The van der Waals surface area contributed by atoms with Crippen molar-refractivity contribution in [3.8, 4) is 6.07 Å². The average molecular weight is 243 g/mol. The fourth-order valence-corrected chi connectivity index (χ4v) is 2.32. The van der Waals surface area contributed by atoms with Crippen molar-refractivity contribution in [3.63, 3.8) is 0 Å². The minimum absolute atomic E-state index is 0.114. The molecule has 1 unspecified atom stereocenters. The SMILES string of the molecule is Cc1cccc(C#N)c1NC(C)c1nccs1. The maximum atomic E-state index is 9.08. The fraction of sp³-hybridized carbons (Fsp3) is 0.231. The van der Waals surface area contributed by atoms with Crippen molar-refractivity contribution < 1.29 is 0 Å². The van der Waals surface area contributed by atoms with Gasteiger partial charge in [-0.25, -0.2) is 4.98 Å². The Morgan fingerprint density at radius 3 is 2.94 bits per heavy atom. The van der Waals surface area contributed by atoms with Gasteiger partial charge in [0, 0.05) is 11.6 Å². The van der Waals surface area contributed by atoms with Gasteiger partial charge in [0.25, 0.3) is 0 Å². The third-order valence-electron chi connectivity index (χ3n) is 2.58. The number of thiazole rings is 1. The van der Waals surface area contributed by atoms with Crippen molar-refractivity contribution in [1.29, 1.82) is 5.26 Å². The highest BCUT2D eigenvalue weighted by Gasteiger charge is 2.11. The van der Waals surface area contributed by atoms with Crippen molar-refractivity contribution in [1.82, 2.24) is 4.98 Å². The maximum Gasteiger partial charge on any atom is 0.115 e. The molecule has 2 aromatic rings. The van der Waals surface area contributed by atoms with Gasteiger partial charge < -0.3 is 5.32 Å². The van der Waals surface area contributed by atoms with E-state index in [-0.39, 0.29) is 6.04 Å². The van der Waals surface area contributed by atoms with E-state index in [0.29, 0.717) is 5.56 Å². The molecule has 1 aromatic carbocycles. The van der Waals surface area contributed by atoms with Crippen LogP contribution < -0.4 is 5.32 Å². The molecule has 2 rings (SSSR count). The summed E-state index contributed by atoms with van der Waals surface area (Å²) < 4.78 is 0.